The molecule has 0 aliphatic carbocycles. The van der Waals surface area contributed by atoms with E-state index in [4.69, 9.17) is 9.84 Å². The van der Waals surface area contributed by atoms with Crippen LogP contribution in [-0.2, 0) is 9.53 Å². The van der Waals surface area contributed by atoms with Crippen molar-refractivity contribution in [3.63, 3.8) is 0 Å². The van der Waals surface area contributed by atoms with Crippen LogP contribution in [0.1, 0.15) is 27.7 Å². The van der Waals surface area contributed by atoms with Gasteiger partial charge in [0.2, 0.25) is 0 Å². The number of rotatable bonds is 3. The molecule has 1 rings (SSSR count). The molecule has 20 heavy (non-hydrogen) atoms. The Balaban J connectivity index is 3.15. The van der Waals surface area contributed by atoms with Crippen LogP contribution in [0, 0.1) is 5.82 Å². The highest BCUT2D eigenvalue weighted by atomic mass is 19.1. The highest BCUT2D eigenvalue weighted by Crippen LogP contribution is 2.22. The molecule has 0 bridgehead atoms. The average Bonchev–Trinajstić information content (AvgIpc) is 2.26. The first-order valence-electron chi connectivity index (χ1n) is 6.12. The molecule has 1 atom stereocenters. The molecular formula is C14H18FNO4. The monoisotopic (exact) mass is 283 g/mol. The number of carboxylic acid groups (broad SMARTS) is 1. The lowest BCUT2D eigenvalue weighted by Gasteiger charge is -2.29. The van der Waals surface area contributed by atoms with Crippen molar-refractivity contribution in [2.24, 2.45) is 0 Å². The van der Waals surface area contributed by atoms with Gasteiger partial charge in [-0.2, -0.15) is 0 Å². The molecule has 6 heteroatoms. The van der Waals surface area contributed by atoms with Crippen LogP contribution >= 0.6 is 0 Å². The Hall–Kier alpha value is -2.11. The fraction of sp³-hybridized carbons (Fsp3) is 0.429. The van der Waals surface area contributed by atoms with Crippen molar-refractivity contribution in [3.05, 3.63) is 30.1 Å². The van der Waals surface area contributed by atoms with Gasteiger partial charge in [-0.3, -0.25) is 4.90 Å². The van der Waals surface area contributed by atoms with E-state index in [1.54, 1.807) is 20.8 Å². The second-order valence-electron chi connectivity index (χ2n) is 5.34. The molecule has 0 aliphatic rings. The fourth-order valence-corrected chi connectivity index (χ4v) is 1.53. The summed E-state index contributed by atoms with van der Waals surface area (Å²) in [5, 5.41) is 9.09. The number of carbonyl (C=O) groups excluding carboxylic acids is 1. The molecular weight excluding hydrogens is 265 g/mol. The van der Waals surface area contributed by atoms with Crippen LogP contribution in [-0.4, -0.2) is 28.8 Å². The molecule has 1 N–H and O–H groups in total. The van der Waals surface area contributed by atoms with Gasteiger partial charge in [-0.25, -0.2) is 14.0 Å². The maximum Gasteiger partial charge on any atom is 0.415 e. The summed E-state index contributed by atoms with van der Waals surface area (Å²) < 4.78 is 18.4. The lowest BCUT2D eigenvalue weighted by Crippen LogP contribution is -2.46. The number of anilines is 1. The third-order valence-electron chi connectivity index (χ3n) is 2.42. The van der Waals surface area contributed by atoms with E-state index in [1.807, 2.05) is 0 Å². The van der Waals surface area contributed by atoms with Gasteiger partial charge in [-0.05, 0) is 45.9 Å². The first-order valence-corrected chi connectivity index (χ1v) is 6.12. The Morgan fingerprint density at radius 3 is 2.40 bits per heavy atom. The molecule has 0 fully saturated rings. The number of benzene rings is 1. The van der Waals surface area contributed by atoms with E-state index in [1.165, 1.54) is 25.1 Å². The van der Waals surface area contributed by atoms with Crippen molar-refractivity contribution in [3.8, 4) is 0 Å². The molecule has 1 unspecified atom stereocenters. The second kappa shape index (κ2) is 5.90. The molecule has 0 aliphatic heterocycles. The number of hydrogen-bond acceptors (Lipinski definition) is 3. The van der Waals surface area contributed by atoms with E-state index in [0.717, 1.165) is 11.0 Å². The predicted octanol–water partition coefficient (Wildman–Crippen LogP) is 3.04. The summed E-state index contributed by atoms with van der Waals surface area (Å²) >= 11 is 0. The van der Waals surface area contributed by atoms with Crippen LogP contribution in [0.3, 0.4) is 0 Å². The molecule has 0 saturated carbocycles. The average molecular weight is 283 g/mol. The van der Waals surface area contributed by atoms with Gasteiger partial charge in [-0.1, -0.05) is 6.07 Å². The molecule has 0 aromatic heterocycles. The summed E-state index contributed by atoms with van der Waals surface area (Å²) in [7, 11) is 0. The number of halogens is 1. The van der Waals surface area contributed by atoms with E-state index in [-0.39, 0.29) is 5.69 Å². The summed E-state index contributed by atoms with van der Waals surface area (Å²) in [6, 6.07) is 3.97. The van der Waals surface area contributed by atoms with Crippen LogP contribution in [0.25, 0.3) is 0 Å². The van der Waals surface area contributed by atoms with Crippen LogP contribution in [0.4, 0.5) is 14.9 Å². The topological polar surface area (TPSA) is 66.8 Å². The Labute approximate surface area is 117 Å². The van der Waals surface area contributed by atoms with Gasteiger partial charge in [-0.15, -0.1) is 0 Å². The number of carboxylic acids is 1. The Morgan fingerprint density at radius 1 is 1.35 bits per heavy atom. The summed E-state index contributed by atoms with van der Waals surface area (Å²) in [6.45, 7) is 6.33. The van der Waals surface area contributed by atoms with Crippen molar-refractivity contribution in [2.45, 2.75) is 39.3 Å². The predicted molar refractivity (Wildman–Crippen MR) is 72.2 cm³/mol. The smallest absolute Gasteiger partial charge is 0.415 e. The van der Waals surface area contributed by atoms with Crippen molar-refractivity contribution in [2.75, 3.05) is 4.90 Å². The zero-order valence-electron chi connectivity index (χ0n) is 11.9. The van der Waals surface area contributed by atoms with E-state index in [0.29, 0.717) is 0 Å². The molecule has 110 valence electrons. The highest BCUT2D eigenvalue weighted by Gasteiger charge is 2.31. The third kappa shape index (κ3) is 4.22. The molecule has 1 aromatic carbocycles. The minimum atomic E-state index is -1.21. The van der Waals surface area contributed by atoms with Crippen LogP contribution in [0.15, 0.2) is 24.3 Å². The van der Waals surface area contributed by atoms with E-state index >= 15 is 0 Å². The van der Waals surface area contributed by atoms with E-state index in [9.17, 15) is 14.0 Å². The number of carbonyl (C=O) groups is 2. The van der Waals surface area contributed by atoms with Crippen molar-refractivity contribution in [1.82, 2.24) is 0 Å². The van der Waals surface area contributed by atoms with Gasteiger partial charge in [0.1, 0.15) is 17.5 Å². The lowest BCUT2D eigenvalue weighted by molar-refractivity contribution is -0.138. The number of ether oxygens (including phenoxy) is 1. The zero-order chi connectivity index (χ0) is 15.5. The Kier molecular flexibility index (Phi) is 4.70. The quantitative estimate of drug-likeness (QED) is 0.925. The first-order chi connectivity index (χ1) is 9.11. The fourth-order valence-electron chi connectivity index (χ4n) is 1.53. The van der Waals surface area contributed by atoms with Crippen molar-refractivity contribution >= 4 is 17.7 Å². The van der Waals surface area contributed by atoms with Gasteiger partial charge in [0.05, 0.1) is 5.69 Å². The second-order valence-corrected chi connectivity index (χ2v) is 5.34. The standard InChI is InChI=1S/C14H18FNO4/c1-9(12(17)18)16(13(19)20-14(2,3)4)11-7-5-6-10(15)8-11/h5-9H,1-4H3,(H,17,18). The summed E-state index contributed by atoms with van der Waals surface area (Å²) in [4.78, 5) is 24.2. The highest BCUT2D eigenvalue weighted by molar-refractivity contribution is 5.95. The number of hydrogen-bond donors (Lipinski definition) is 1. The van der Waals surface area contributed by atoms with Crippen LogP contribution in [0.5, 0.6) is 0 Å². The van der Waals surface area contributed by atoms with Crippen LogP contribution < -0.4 is 4.90 Å². The number of nitrogens with zero attached hydrogens (tertiary/aromatic N) is 1. The van der Waals surface area contributed by atoms with Crippen LogP contribution in [0.2, 0.25) is 0 Å². The van der Waals surface area contributed by atoms with Crippen molar-refractivity contribution < 1.29 is 23.8 Å². The maximum atomic E-state index is 13.3. The number of amides is 1. The normalized spacial score (nSPS) is 12.7. The molecule has 1 aromatic rings. The van der Waals surface area contributed by atoms with Gasteiger partial charge >= 0.3 is 12.1 Å². The van der Waals surface area contributed by atoms with Gasteiger partial charge in [0.15, 0.2) is 0 Å². The summed E-state index contributed by atoms with van der Waals surface area (Å²) in [5.74, 6) is -1.77. The molecule has 0 heterocycles. The van der Waals surface area contributed by atoms with E-state index in [2.05, 4.69) is 0 Å². The molecule has 5 nitrogen and oxygen atoms in total. The third-order valence-corrected chi connectivity index (χ3v) is 2.42. The summed E-state index contributed by atoms with van der Waals surface area (Å²) in [6.07, 6.45) is -0.835. The minimum Gasteiger partial charge on any atom is -0.480 e. The SMILES string of the molecule is CC(C(=O)O)N(C(=O)OC(C)(C)C)c1cccc(F)c1. The van der Waals surface area contributed by atoms with Crippen molar-refractivity contribution in [1.29, 1.82) is 0 Å². The largest absolute Gasteiger partial charge is 0.480 e. The molecule has 0 saturated heterocycles. The zero-order valence-corrected chi connectivity index (χ0v) is 11.9. The maximum absolute atomic E-state index is 13.3. The minimum absolute atomic E-state index is 0.133. The first kappa shape index (κ1) is 15.9. The van der Waals surface area contributed by atoms with Gasteiger partial charge in [0, 0.05) is 0 Å². The molecule has 1 amide bonds. The van der Waals surface area contributed by atoms with Gasteiger partial charge < -0.3 is 9.84 Å². The summed E-state index contributed by atoms with van der Waals surface area (Å²) in [5.41, 5.74) is -0.643. The molecule has 0 spiro atoms. The van der Waals surface area contributed by atoms with Gasteiger partial charge in [0.25, 0.3) is 0 Å². The van der Waals surface area contributed by atoms with E-state index < -0.39 is 29.5 Å². The number of aliphatic carboxylic acids is 1. The lowest BCUT2D eigenvalue weighted by atomic mass is 10.2. The Bertz CT molecular complexity index is 510. The Morgan fingerprint density at radius 2 is 1.95 bits per heavy atom. The molecule has 0 radical (unpaired) electrons.